The van der Waals surface area contributed by atoms with E-state index in [1.807, 2.05) is 13.8 Å². The summed E-state index contributed by atoms with van der Waals surface area (Å²) in [5, 5.41) is 12.5. The van der Waals surface area contributed by atoms with E-state index in [4.69, 9.17) is 4.74 Å². The summed E-state index contributed by atoms with van der Waals surface area (Å²) in [6, 6.07) is 7.80. The molecule has 1 aliphatic rings. The lowest BCUT2D eigenvalue weighted by molar-refractivity contribution is -0.138. The van der Waals surface area contributed by atoms with Crippen LogP contribution >= 0.6 is 0 Å². The molecule has 3 rings (SSSR count). The number of halogens is 3. The number of aliphatic imine (C=N–C) groups is 1. The molecule has 0 bridgehead atoms. The Bertz CT molecular complexity index is 965. The van der Waals surface area contributed by atoms with Gasteiger partial charge in [-0.25, -0.2) is 0 Å². The van der Waals surface area contributed by atoms with E-state index in [-0.39, 0.29) is 23.0 Å². The Kier molecular flexibility index (Phi) is 6.05. The molecule has 30 heavy (non-hydrogen) atoms. The van der Waals surface area contributed by atoms with Crippen molar-refractivity contribution in [2.75, 3.05) is 5.32 Å². The van der Waals surface area contributed by atoms with Crippen LogP contribution in [0.3, 0.4) is 0 Å². The van der Waals surface area contributed by atoms with Crippen LogP contribution in [0, 0.1) is 12.8 Å². The highest BCUT2D eigenvalue weighted by Gasteiger charge is 2.37. The zero-order chi connectivity index (χ0) is 22.1. The third kappa shape index (κ3) is 5.31. The monoisotopic (exact) mass is 420 g/mol. The molecule has 2 unspecified atom stereocenters. The lowest BCUT2D eigenvalue weighted by Crippen LogP contribution is -2.34. The number of carbonyl (C=O) groups excluding carboxylic acids is 1. The molecule has 2 N–H and O–H groups in total. The molecule has 1 aliphatic heterocycles. The fraction of sp³-hybridized carbons (Fsp3) is 0.364. The zero-order valence-electron chi connectivity index (χ0n) is 16.8. The minimum absolute atomic E-state index is 0.0295. The van der Waals surface area contributed by atoms with Crippen molar-refractivity contribution in [2.24, 2.45) is 10.9 Å². The van der Waals surface area contributed by atoms with E-state index in [9.17, 15) is 23.1 Å². The van der Waals surface area contributed by atoms with Gasteiger partial charge < -0.3 is 15.2 Å². The van der Waals surface area contributed by atoms with E-state index in [0.29, 0.717) is 17.7 Å². The van der Waals surface area contributed by atoms with Crippen LogP contribution < -0.4 is 10.1 Å². The number of phenolic OH excluding ortho intramolecular Hbond substituents is 1. The summed E-state index contributed by atoms with van der Waals surface area (Å²) in [5.74, 6) is -0.454. The van der Waals surface area contributed by atoms with E-state index in [0.717, 1.165) is 6.07 Å². The quantitative estimate of drug-likeness (QED) is 0.640. The highest BCUT2D eigenvalue weighted by atomic mass is 19.4. The lowest BCUT2D eigenvalue weighted by atomic mass is 10.0. The van der Waals surface area contributed by atoms with E-state index in [2.05, 4.69) is 10.3 Å². The first-order valence-corrected chi connectivity index (χ1v) is 9.56. The molecule has 0 saturated heterocycles. The zero-order valence-corrected chi connectivity index (χ0v) is 16.8. The van der Waals surface area contributed by atoms with Gasteiger partial charge in [0, 0.05) is 18.0 Å². The molecule has 8 heteroatoms. The van der Waals surface area contributed by atoms with Gasteiger partial charge in [-0.2, -0.15) is 13.2 Å². The predicted octanol–water partition coefficient (Wildman–Crippen LogP) is 5.28. The third-order valence-corrected chi connectivity index (χ3v) is 4.68. The van der Waals surface area contributed by atoms with Crippen molar-refractivity contribution >= 4 is 17.8 Å². The van der Waals surface area contributed by atoms with Gasteiger partial charge in [0.2, 0.25) is 0 Å². The minimum Gasteiger partial charge on any atom is -0.508 e. The summed E-state index contributed by atoms with van der Waals surface area (Å²) in [6.45, 7) is 5.49. The van der Waals surface area contributed by atoms with Gasteiger partial charge in [0.05, 0.1) is 5.56 Å². The number of nitrogens with zero attached hydrogens (tertiary/aromatic N) is 1. The largest absolute Gasteiger partial charge is 0.508 e. The molecule has 1 heterocycles. The Labute approximate surface area is 172 Å². The third-order valence-electron chi connectivity index (χ3n) is 4.68. The number of anilines is 1. The fourth-order valence-corrected chi connectivity index (χ4v) is 3.03. The highest BCUT2D eigenvalue weighted by molar-refractivity contribution is 5.94. The van der Waals surface area contributed by atoms with Gasteiger partial charge in [0.15, 0.2) is 6.10 Å². The van der Waals surface area contributed by atoms with E-state index < -0.39 is 29.8 Å². The second kappa shape index (κ2) is 8.38. The number of rotatable bonds is 7. The van der Waals surface area contributed by atoms with Crippen LogP contribution in [0.1, 0.15) is 43.0 Å². The van der Waals surface area contributed by atoms with Crippen LogP contribution in [-0.2, 0) is 11.0 Å². The normalized spacial score (nSPS) is 16.4. The van der Waals surface area contributed by atoms with Gasteiger partial charge in [-0.05, 0) is 48.6 Å². The highest BCUT2D eigenvalue weighted by Crippen LogP contribution is 2.40. The summed E-state index contributed by atoms with van der Waals surface area (Å²) < 4.78 is 46.1. The van der Waals surface area contributed by atoms with Crippen molar-refractivity contribution in [3.8, 4) is 11.5 Å². The molecule has 0 aliphatic carbocycles. The standard InChI is InChI=1S/C22H23F3N2O3/c1-12(2)8-20(21(29)27-14-5-4-13(3)19(28)9-14)30-15-6-7-16(18-11-26-18)17(10-15)22(23,24)25/h4-7,9-12,18,20,28H,8H2,1-3H3,(H,27,29). The second-order valence-corrected chi connectivity index (χ2v) is 7.72. The Morgan fingerprint density at radius 3 is 2.50 bits per heavy atom. The number of hydrogen-bond donors (Lipinski definition) is 2. The molecular weight excluding hydrogens is 397 g/mol. The summed E-state index contributed by atoms with van der Waals surface area (Å²) in [5.41, 5.74) is 0.268. The molecule has 0 saturated carbocycles. The van der Waals surface area contributed by atoms with Gasteiger partial charge >= 0.3 is 6.18 Å². The van der Waals surface area contributed by atoms with Crippen LogP contribution in [0.2, 0.25) is 0 Å². The second-order valence-electron chi connectivity index (χ2n) is 7.72. The number of benzene rings is 2. The smallest absolute Gasteiger partial charge is 0.416 e. The maximum Gasteiger partial charge on any atom is 0.416 e. The van der Waals surface area contributed by atoms with Crippen LogP contribution in [0.15, 0.2) is 41.4 Å². The van der Waals surface area contributed by atoms with E-state index >= 15 is 0 Å². The maximum absolute atomic E-state index is 13.5. The Morgan fingerprint density at radius 2 is 1.93 bits per heavy atom. The summed E-state index contributed by atoms with van der Waals surface area (Å²) >= 11 is 0. The van der Waals surface area contributed by atoms with Crippen molar-refractivity contribution in [1.29, 1.82) is 0 Å². The van der Waals surface area contributed by atoms with Crippen molar-refractivity contribution in [3.05, 3.63) is 53.1 Å². The number of ether oxygens (including phenoxy) is 1. The number of amides is 1. The SMILES string of the molecule is Cc1ccc(NC(=O)C(CC(C)C)Oc2ccc(C3C=N3)c(C(F)(F)F)c2)cc1O. The molecule has 160 valence electrons. The Hall–Kier alpha value is -3.03. The number of aromatic hydroxyl groups is 1. The molecule has 2 aromatic carbocycles. The number of nitrogens with one attached hydrogen (secondary N) is 1. The molecule has 0 radical (unpaired) electrons. The Morgan fingerprint density at radius 1 is 1.23 bits per heavy atom. The van der Waals surface area contributed by atoms with Crippen LogP contribution in [0.25, 0.3) is 0 Å². The van der Waals surface area contributed by atoms with Crippen LogP contribution in [-0.4, -0.2) is 23.3 Å². The first-order valence-electron chi connectivity index (χ1n) is 9.56. The van der Waals surface area contributed by atoms with Gasteiger partial charge in [-0.15, -0.1) is 0 Å². The summed E-state index contributed by atoms with van der Waals surface area (Å²) in [4.78, 5) is 16.6. The predicted molar refractivity (Wildman–Crippen MR) is 108 cm³/mol. The molecule has 0 fully saturated rings. The Balaban J connectivity index is 1.82. The molecular formula is C22H23F3N2O3. The first kappa shape index (κ1) is 21.7. The molecule has 2 atom stereocenters. The number of hydrogen-bond acceptors (Lipinski definition) is 4. The molecule has 0 aromatic heterocycles. The number of phenols is 1. The number of carbonyl (C=O) groups is 1. The van der Waals surface area contributed by atoms with Crippen molar-refractivity contribution in [1.82, 2.24) is 0 Å². The van der Waals surface area contributed by atoms with Gasteiger partial charge in [0.1, 0.15) is 17.5 Å². The van der Waals surface area contributed by atoms with Crippen molar-refractivity contribution < 1.29 is 27.8 Å². The topological polar surface area (TPSA) is 70.9 Å². The molecule has 2 aromatic rings. The molecule has 1 amide bonds. The fourth-order valence-electron chi connectivity index (χ4n) is 3.03. The lowest BCUT2D eigenvalue weighted by Gasteiger charge is -2.22. The van der Waals surface area contributed by atoms with E-state index in [1.165, 1.54) is 24.4 Å². The van der Waals surface area contributed by atoms with E-state index in [1.54, 1.807) is 19.1 Å². The van der Waals surface area contributed by atoms with Gasteiger partial charge in [-0.3, -0.25) is 9.79 Å². The van der Waals surface area contributed by atoms with Crippen LogP contribution in [0.4, 0.5) is 18.9 Å². The number of aryl methyl sites for hydroxylation is 1. The first-order chi connectivity index (χ1) is 14.0. The summed E-state index contributed by atoms with van der Waals surface area (Å²) in [7, 11) is 0. The van der Waals surface area contributed by atoms with Crippen molar-refractivity contribution in [2.45, 2.75) is 45.5 Å². The summed E-state index contributed by atoms with van der Waals surface area (Å²) in [6.07, 6.45) is -3.82. The van der Waals surface area contributed by atoms with Crippen LogP contribution in [0.5, 0.6) is 11.5 Å². The molecule has 0 spiro atoms. The van der Waals surface area contributed by atoms with Crippen molar-refractivity contribution in [3.63, 3.8) is 0 Å². The maximum atomic E-state index is 13.5. The average Bonchev–Trinajstić information content (AvgIpc) is 3.48. The molecule has 5 nitrogen and oxygen atoms in total. The van der Waals surface area contributed by atoms with Gasteiger partial charge in [0.25, 0.3) is 5.91 Å². The minimum atomic E-state index is -4.56. The van der Waals surface area contributed by atoms with Gasteiger partial charge in [-0.1, -0.05) is 26.0 Å². The average molecular weight is 420 g/mol. The number of alkyl halides is 3.